The summed E-state index contributed by atoms with van der Waals surface area (Å²) in [5.41, 5.74) is 1.19. The number of para-hydroxylation sites is 2. The minimum absolute atomic E-state index is 0.0658. The molecular formula is C27H31O6PS. The van der Waals surface area contributed by atoms with Crippen molar-refractivity contribution in [3.05, 3.63) is 96.6 Å². The van der Waals surface area contributed by atoms with E-state index in [2.05, 4.69) is 19.1 Å². The van der Waals surface area contributed by atoms with Gasteiger partial charge in [-0.1, -0.05) is 73.7 Å². The van der Waals surface area contributed by atoms with Crippen LogP contribution in [0.25, 0.3) is 0 Å². The van der Waals surface area contributed by atoms with Crippen molar-refractivity contribution in [3.63, 3.8) is 0 Å². The number of carbonyl (C=O) groups excluding carboxylic acids is 1. The Balaban J connectivity index is 1.56. The molecule has 2 unspecified atom stereocenters. The van der Waals surface area contributed by atoms with Crippen molar-refractivity contribution in [2.75, 3.05) is 25.2 Å². The van der Waals surface area contributed by atoms with E-state index in [-0.39, 0.29) is 31.0 Å². The second-order valence-corrected chi connectivity index (χ2v) is 10.4. The number of carbonyl (C=O) groups is 1. The second kappa shape index (κ2) is 14.0. The van der Waals surface area contributed by atoms with Crippen LogP contribution in [-0.4, -0.2) is 31.2 Å². The van der Waals surface area contributed by atoms with E-state index < -0.39 is 7.82 Å². The Morgan fingerprint density at radius 2 is 1.34 bits per heavy atom. The average Bonchev–Trinajstić information content (AvgIpc) is 2.88. The van der Waals surface area contributed by atoms with E-state index in [1.165, 1.54) is 5.56 Å². The van der Waals surface area contributed by atoms with E-state index in [1.54, 1.807) is 60.3 Å². The normalized spacial score (nSPS) is 13.0. The maximum absolute atomic E-state index is 13.3. The number of phosphoric ester groups is 1. The van der Waals surface area contributed by atoms with Crippen LogP contribution in [0.5, 0.6) is 11.5 Å². The molecule has 186 valence electrons. The van der Waals surface area contributed by atoms with Crippen LogP contribution in [0.4, 0.5) is 0 Å². The van der Waals surface area contributed by atoms with Crippen LogP contribution in [-0.2, 0) is 18.6 Å². The maximum Gasteiger partial charge on any atom is 0.587 e. The van der Waals surface area contributed by atoms with Crippen LogP contribution in [0.15, 0.2) is 91.0 Å². The topological polar surface area (TPSA) is 71.1 Å². The molecule has 3 rings (SSSR count). The molecule has 0 aliphatic carbocycles. The Morgan fingerprint density at radius 1 is 0.829 bits per heavy atom. The first-order chi connectivity index (χ1) is 17.0. The highest BCUT2D eigenvalue weighted by Crippen LogP contribution is 2.49. The lowest BCUT2D eigenvalue weighted by Crippen LogP contribution is -2.23. The van der Waals surface area contributed by atoms with Gasteiger partial charge < -0.3 is 13.8 Å². The van der Waals surface area contributed by atoms with E-state index in [0.29, 0.717) is 23.7 Å². The summed E-state index contributed by atoms with van der Waals surface area (Å²) in [6, 6.07) is 27.4. The number of hydrogen-bond donors (Lipinski definition) is 0. The molecule has 0 N–H and O–H groups in total. The first-order valence-corrected chi connectivity index (χ1v) is 14.3. The van der Waals surface area contributed by atoms with Gasteiger partial charge in [0.2, 0.25) is 0 Å². The first kappa shape index (κ1) is 26.9. The second-order valence-electron chi connectivity index (χ2n) is 7.96. The zero-order valence-electron chi connectivity index (χ0n) is 19.9. The molecule has 0 aliphatic rings. The van der Waals surface area contributed by atoms with Crippen molar-refractivity contribution in [3.8, 4) is 11.5 Å². The Bertz CT molecular complexity index is 1020. The van der Waals surface area contributed by atoms with Crippen molar-refractivity contribution in [1.29, 1.82) is 0 Å². The lowest BCUT2D eigenvalue weighted by Gasteiger charge is -2.21. The van der Waals surface area contributed by atoms with Crippen molar-refractivity contribution >= 4 is 25.6 Å². The third kappa shape index (κ3) is 9.10. The predicted molar refractivity (Wildman–Crippen MR) is 140 cm³/mol. The largest absolute Gasteiger partial charge is 0.587 e. The molecular weight excluding hydrogens is 483 g/mol. The summed E-state index contributed by atoms with van der Waals surface area (Å²) < 4.78 is 35.4. The van der Waals surface area contributed by atoms with Gasteiger partial charge in [-0.05, 0) is 48.4 Å². The van der Waals surface area contributed by atoms with Crippen LogP contribution in [0, 0.1) is 5.92 Å². The number of ether oxygens (including phenoxy) is 1. The van der Waals surface area contributed by atoms with E-state index >= 15 is 0 Å². The highest BCUT2D eigenvalue weighted by molar-refractivity contribution is 7.98. The Hall–Kier alpha value is -2.73. The molecule has 0 saturated heterocycles. The molecule has 2 atom stereocenters. The highest BCUT2D eigenvalue weighted by Gasteiger charge is 2.31. The van der Waals surface area contributed by atoms with Gasteiger partial charge in [0.05, 0.1) is 12.5 Å². The van der Waals surface area contributed by atoms with E-state index in [9.17, 15) is 9.36 Å². The molecule has 6 nitrogen and oxygen atoms in total. The number of esters is 1. The molecule has 0 amide bonds. The fraction of sp³-hybridized carbons (Fsp3) is 0.296. The fourth-order valence-electron chi connectivity index (χ4n) is 3.48. The van der Waals surface area contributed by atoms with Gasteiger partial charge in [0.15, 0.2) is 0 Å². The Morgan fingerprint density at radius 3 is 1.86 bits per heavy atom. The molecule has 0 heterocycles. The van der Waals surface area contributed by atoms with Gasteiger partial charge >= 0.3 is 13.8 Å². The highest BCUT2D eigenvalue weighted by atomic mass is 32.2. The van der Waals surface area contributed by atoms with Gasteiger partial charge in [0, 0.05) is 5.75 Å². The van der Waals surface area contributed by atoms with Crippen LogP contribution in [0.1, 0.15) is 24.8 Å². The first-order valence-electron chi connectivity index (χ1n) is 11.4. The number of thioether (sulfide) groups is 1. The summed E-state index contributed by atoms with van der Waals surface area (Å²) in [5.74, 6) is 1.01. The van der Waals surface area contributed by atoms with Crippen LogP contribution < -0.4 is 9.05 Å². The molecule has 0 saturated carbocycles. The third-order valence-electron chi connectivity index (χ3n) is 5.21. The van der Waals surface area contributed by atoms with Crippen LogP contribution in [0.3, 0.4) is 0 Å². The van der Waals surface area contributed by atoms with Crippen LogP contribution >= 0.6 is 19.6 Å². The monoisotopic (exact) mass is 514 g/mol. The molecule has 35 heavy (non-hydrogen) atoms. The van der Waals surface area contributed by atoms with Gasteiger partial charge in [-0.25, -0.2) is 4.57 Å². The molecule has 0 aromatic heterocycles. The van der Waals surface area contributed by atoms with E-state index in [1.807, 2.05) is 36.6 Å². The van der Waals surface area contributed by atoms with Gasteiger partial charge in [0.25, 0.3) is 0 Å². The zero-order chi connectivity index (χ0) is 24.9. The number of hydrogen-bond acceptors (Lipinski definition) is 7. The lowest BCUT2D eigenvalue weighted by molar-refractivity contribution is -0.148. The van der Waals surface area contributed by atoms with Crippen molar-refractivity contribution in [2.45, 2.75) is 19.3 Å². The third-order valence-corrected chi connectivity index (χ3v) is 7.31. The van der Waals surface area contributed by atoms with Gasteiger partial charge in [-0.15, -0.1) is 0 Å². The van der Waals surface area contributed by atoms with Crippen molar-refractivity contribution in [2.24, 2.45) is 5.92 Å². The Labute approximate surface area is 211 Å². The lowest BCUT2D eigenvalue weighted by atomic mass is 9.91. The maximum atomic E-state index is 13.3. The standard InChI is InChI=1S/C27H31O6PS/c1-22(23-12-6-3-7-13-23)20-24(21-35-2)27(28)30-18-19-31-34(29,32-25-14-8-4-9-15-25)33-26-16-10-5-11-17-26/h3-17,22,24H,18-21H2,1-2H3. The Kier molecular flexibility index (Phi) is 10.7. The number of phosphoric acid groups is 1. The summed E-state index contributed by atoms with van der Waals surface area (Å²) in [4.78, 5) is 12.8. The SMILES string of the molecule is CSCC(CC(C)c1ccccc1)C(=O)OCCOP(=O)(Oc1ccccc1)Oc1ccccc1. The van der Waals surface area contributed by atoms with Gasteiger partial charge in [-0.3, -0.25) is 9.32 Å². The van der Waals surface area contributed by atoms with Crippen molar-refractivity contribution < 1.29 is 27.7 Å². The molecule has 3 aromatic carbocycles. The molecule has 8 heteroatoms. The molecule has 3 aromatic rings. The minimum atomic E-state index is -4.02. The summed E-state index contributed by atoms with van der Waals surface area (Å²) in [7, 11) is -4.02. The fourth-order valence-corrected chi connectivity index (χ4v) is 5.35. The van der Waals surface area contributed by atoms with Crippen molar-refractivity contribution in [1.82, 2.24) is 0 Å². The quantitative estimate of drug-likeness (QED) is 0.130. The smallest absolute Gasteiger partial charge is 0.463 e. The molecule has 0 aliphatic heterocycles. The van der Waals surface area contributed by atoms with Crippen LogP contribution in [0.2, 0.25) is 0 Å². The van der Waals surface area contributed by atoms with Gasteiger partial charge in [-0.2, -0.15) is 11.8 Å². The minimum Gasteiger partial charge on any atom is -0.463 e. The zero-order valence-corrected chi connectivity index (χ0v) is 21.7. The summed E-state index contributed by atoms with van der Waals surface area (Å²) in [5, 5.41) is 0. The van der Waals surface area contributed by atoms with E-state index in [4.69, 9.17) is 18.3 Å². The number of benzene rings is 3. The summed E-state index contributed by atoms with van der Waals surface area (Å²) in [6.07, 6.45) is 2.64. The number of rotatable bonds is 14. The summed E-state index contributed by atoms with van der Waals surface area (Å²) in [6.45, 7) is 1.91. The van der Waals surface area contributed by atoms with Gasteiger partial charge in [0.1, 0.15) is 18.1 Å². The summed E-state index contributed by atoms with van der Waals surface area (Å²) >= 11 is 1.60. The average molecular weight is 515 g/mol. The predicted octanol–water partition coefficient (Wildman–Crippen LogP) is 6.99. The molecule has 0 radical (unpaired) electrons. The molecule has 0 bridgehead atoms. The van der Waals surface area contributed by atoms with E-state index in [0.717, 1.165) is 0 Å². The molecule has 0 fully saturated rings. The molecule has 0 spiro atoms.